The molecule has 0 bridgehead atoms. The minimum Gasteiger partial charge on any atom is -0.462 e. The fraction of sp³-hybridized carbons (Fsp3) is 0.968. The smallest absolute Gasteiger partial charge is 0.306 e. The molecule has 34 heavy (non-hydrogen) atoms. The van der Waals surface area contributed by atoms with Crippen LogP contribution in [0.1, 0.15) is 157 Å². The Morgan fingerprint density at radius 3 is 1.94 bits per heavy atom. The maximum Gasteiger partial charge on any atom is 0.306 e. The Hall–Kier alpha value is -0.570. The topological polar surface area (TPSA) is 38.3 Å². The fourth-order valence-corrected chi connectivity index (χ4v) is 7.18. The van der Waals surface area contributed by atoms with Crippen molar-refractivity contribution >= 4 is 5.97 Å². The number of carbonyl (C=O) groups excluding carboxylic acids is 1. The molecule has 1 saturated heterocycles. The summed E-state index contributed by atoms with van der Waals surface area (Å²) in [5.74, 6) is 2.21. The standard InChI is InChI=1S/C31H59NO2/c1-7-9-11-13-14-15-17-19-29(33)34-28-21-20-25(22-26(28)18-16-12-10-8-2)27-23-30(3,4)32-31(5,6)24-27/h25-28,32H,7-24H2,1-6H3. The van der Waals surface area contributed by atoms with Gasteiger partial charge in [0, 0.05) is 17.5 Å². The zero-order valence-electron chi connectivity index (χ0n) is 23.9. The van der Waals surface area contributed by atoms with E-state index in [1.54, 1.807) is 0 Å². The Labute approximate surface area is 213 Å². The van der Waals surface area contributed by atoms with E-state index in [2.05, 4.69) is 46.9 Å². The Balaban J connectivity index is 1.86. The number of ether oxygens (including phenoxy) is 1. The number of hydrogen-bond donors (Lipinski definition) is 1. The summed E-state index contributed by atoms with van der Waals surface area (Å²) in [4.78, 5) is 12.7. The summed E-state index contributed by atoms with van der Waals surface area (Å²) in [7, 11) is 0. The van der Waals surface area contributed by atoms with Crippen molar-refractivity contribution in [3.63, 3.8) is 0 Å². The predicted octanol–water partition coefficient (Wildman–Crippen LogP) is 8.98. The molecule has 1 N–H and O–H groups in total. The summed E-state index contributed by atoms with van der Waals surface area (Å²) in [6.07, 6.45) is 22.1. The molecule has 1 heterocycles. The molecule has 0 amide bonds. The van der Waals surface area contributed by atoms with Gasteiger partial charge < -0.3 is 10.1 Å². The third-order valence-corrected chi connectivity index (χ3v) is 8.54. The van der Waals surface area contributed by atoms with E-state index in [1.807, 2.05) is 0 Å². The fourth-order valence-electron chi connectivity index (χ4n) is 7.18. The monoisotopic (exact) mass is 477 g/mol. The molecule has 200 valence electrons. The van der Waals surface area contributed by atoms with E-state index in [4.69, 9.17) is 4.74 Å². The molecule has 3 heteroatoms. The van der Waals surface area contributed by atoms with E-state index in [0.717, 1.165) is 24.7 Å². The van der Waals surface area contributed by atoms with Crippen molar-refractivity contribution in [2.45, 2.75) is 174 Å². The lowest BCUT2D eigenvalue weighted by molar-refractivity contribution is -0.155. The first-order valence-corrected chi connectivity index (χ1v) is 15.1. The molecule has 3 unspecified atom stereocenters. The first-order chi connectivity index (χ1) is 16.2. The molecule has 1 aliphatic carbocycles. The zero-order chi connectivity index (χ0) is 25.0. The van der Waals surface area contributed by atoms with Crippen LogP contribution in [0, 0.1) is 17.8 Å². The third-order valence-electron chi connectivity index (χ3n) is 8.54. The van der Waals surface area contributed by atoms with Crippen LogP contribution in [0.5, 0.6) is 0 Å². The summed E-state index contributed by atoms with van der Waals surface area (Å²) in [5.41, 5.74) is 0.422. The van der Waals surface area contributed by atoms with E-state index in [9.17, 15) is 4.79 Å². The number of hydrogen-bond acceptors (Lipinski definition) is 3. The molecule has 0 aromatic heterocycles. The van der Waals surface area contributed by atoms with Gasteiger partial charge in [0.15, 0.2) is 0 Å². The van der Waals surface area contributed by atoms with E-state index in [0.29, 0.717) is 12.3 Å². The van der Waals surface area contributed by atoms with Crippen molar-refractivity contribution in [2.24, 2.45) is 17.8 Å². The van der Waals surface area contributed by atoms with Gasteiger partial charge in [0.05, 0.1) is 0 Å². The van der Waals surface area contributed by atoms with Gasteiger partial charge in [-0.25, -0.2) is 0 Å². The molecule has 2 aliphatic rings. The predicted molar refractivity (Wildman–Crippen MR) is 146 cm³/mol. The molecule has 0 spiro atoms. The number of carbonyl (C=O) groups is 1. The number of esters is 1. The third kappa shape index (κ3) is 11.0. The highest BCUT2D eigenvalue weighted by Crippen LogP contribution is 2.45. The highest BCUT2D eigenvalue weighted by molar-refractivity contribution is 5.69. The van der Waals surface area contributed by atoms with E-state index < -0.39 is 0 Å². The lowest BCUT2D eigenvalue weighted by Crippen LogP contribution is -2.59. The van der Waals surface area contributed by atoms with Crippen molar-refractivity contribution in [3.8, 4) is 0 Å². The van der Waals surface area contributed by atoms with Crippen LogP contribution in [0.25, 0.3) is 0 Å². The lowest BCUT2D eigenvalue weighted by Gasteiger charge is -2.50. The van der Waals surface area contributed by atoms with E-state index in [-0.39, 0.29) is 23.2 Å². The van der Waals surface area contributed by atoms with Crippen molar-refractivity contribution in [1.82, 2.24) is 5.32 Å². The molecule has 0 aromatic rings. The molecule has 2 fully saturated rings. The van der Waals surface area contributed by atoms with E-state index >= 15 is 0 Å². The van der Waals surface area contributed by atoms with Crippen LogP contribution in [0.3, 0.4) is 0 Å². The van der Waals surface area contributed by atoms with Crippen LogP contribution in [-0.4, -0.2) is 23.2 Å². The average molecular weight is 478 g/mol. The number of rotatable bonds is 15. The average Bonchev–Trinajstić information content (AvgIpc) is 2.75. The molecule has 3 atom stereocenters. The van der Waals surface area contributed by atoms with Crippen molar-refractivity contribution < 1.29 is 9.53 Å². The number of nitrogens with one attached hydrogen (secondary N) is 1. The second kappa shape index (κ2) is 14.9. The number of unbranched alkanes of at least 4 members (excludes halogenated alkanes) is 9. The highest BCUT2D eigenvalue weighted by Gasteiger charge is 2.43. The molecule has 0 radical (unpaired) electrons. The Morgan fingerprint density at radius 1 is 0.765 bits per heavy atom. The summed E-state index contributed by atoms with van der Waals surface area (Å²) in [6.45, 7) is 14.0. The molecule has 0 aromatic carbocycles. The normalized spacial score (nSPS) is 26.9. The number of piperidine rings is 1. The molecule has 2 rings (SSSR count). The quantitative estimate of drug-likeness (QED) is 0.189. The largest absolute Gasteiger partial charge is 0.462 e. The van der Waals surface area contributed by atoms with Gasteiger partial charge in [-0.05, 0) is 90.4 Å². The van der Waals surface area contributed by atoms with Crippen LogP contribution in [0.15, 0.2) is 0 Å². The second-order valence-corrected chi connectivity index (χ2v) is 13.1. The molecule has 3 nitrogen and oxygen atoms in total. The first-order valence-electron chi connectivity index (χ1n) is 15.1. The van der Waals surface area contributed by atoms with Gasteiger partial charge in [0.2, 0.25) is 0 Å². The SMILES string of the molecule is CCCCCCCCCC(=O)OC1CCC(C2CC(C)(C)NC(C)(C)C2)CC1CCCCCC. The van der Waals surface area contributed by atoms with Crippen LogP contribution in [-0.2, 0) is 9.53 Å². The zero-order valence-corrected chi connectivity index (χ0v) is 23.9. The first kappa shape index (κ1) is 29.7. The van der Waals surface area contributed by atoms with Gasteiger partial charge in [-0.1, -0.05) is 78.1 Å². The summed E-state index contributed by atoms with van der Waals surface area (Å²) in [5, 5.41) is 3.86. The Bertz CT molecular complexity index is 554. The van der Waals surface area contributed by atoms with Gasteiger partial charge in [-0.3, -0.25) is 4.79 Å². The van der Waals surface area contributed by atoms with Crippen LogP contribution < -0.4 is 5.32 Å². The second-order valence-electron chi connectivity index (χ2n) is 13.1. The maximum atomic E-state index is 12.7. The van der Waals surface area contributed by atoms with Crippen molar-refractivity contribution in [3.05, 3.63) is 0 Å². The Kier molecular flexibility index (Phi) is 13.0. The summed E-state index contributed by atoms with van der Waals surface area (Å²) < 4.78 is 6.17. The van der Waals surface area contributed by atoms with Gasteiger partial charge in [0.25, 0.3) is 0 Å². The van der Waals surface area contributed by atoms with Gasteiger partial charge >= 0.3 is 5.97 Å². The van der Waals surface area contributed by atoms with Crippen molar-refractivity contribution in [1.29, 1.82) is 0 Å². The maximum absolute atomic E-state index is 12.7. The van der Waals surface area contributed by atoms with Crippen LogP contribution in [0.4, 0.5) is 0 Å². The van der Waals surface area contributed by atoms with Gasteiger partial charge in [-0.15, -0.1) is 0 Å². The molecular formula is C31H59NO2. The Morgan fingerprint density at radius 2 is 1.32 bits per heavy atom. The van der Waals surface area contributed by atoms with Crippen molar-refractivity contribution in [2.75, 3.05) is 0 Å². The minimum absolute atomic E-state index is 0.0692. The lowest BCUT2D eigenvalue weighted by atomic mass is 9.64. The summed E-state index contributed by atoms with van der Waals surface area (Å²) >= 11 is 0. The van der Waals surface area contributed by atoms with Gasteiger partial charge in [0.1, 0.15) is 6.10 Å². The highest BCUT2D eigenvalue weighted by atomic mass is 16.5. The minimum atomic E-state index is 0.0692. The summed E-state index contributed by atoms with van der Waals surface area (Å²) in [6, 6.07) is 0. The van der Waals surface area contributed by atoms with Crippen LogP contribution >= 0.6 is 0 Å². The van der Waals surface area contributed by atoms with Gasteiger partial charge in [-0.2, -0.15) is 0 Å². The molecular weight excluding hydrogens is 418 g/mol. The molecule has 1 aliphatic heterocycles. The van der Waals surface area contributed by atoms with E-state index in [1.165, 1.54) is 96.3 Å². The molecule has 1 saturated carbocycles. The van der Waals surface area contributed by atoms with Crippen LogP contribution in [0.2, 0.25) is 0 Å².